The number of hydrogen-bond acceptors (Lipinski definition) is 4. The number of aryl methyl sites for hydroxylation is 1. The molecule has 144 valence electrons. The van der Waals surface area contributed by atoms with E-state index < -0.39 is 0 Å². The van der Waals surface area contributed by atoms with Crippen molar-refractivity contribution in [2.45, 2.75) is 12.8 Å². The molecular weight excluding hydrogens is 352 g/mol. The number of anilines is 3. The third-order valence-electron chi connectivity index (χ3n) is 4.34. The van der Waals surface area contributed by atoms with Gasteiger partial charge in [-0.2, -0.15) is 0 Å². The Morgan fingerprint density at radius 3 is 2.21 bits per heavy atom. The molecule has 0 aliphatic heterocycles. The zero-order chi connectivity index (χ0) is 19.8. The fraction of sp³-hybridized carbons (Fsp3) is 0.174. The molecule has 0 aliphatic carbocycles. The summed E-state index contributed by atoms with van der Waals surface area (Å²) in [5.41, 5.74) is 3.59. The minimum atomic E-state index is -0.0444. The van der Waals surface area contributed by atoms with Gasteiger partial charge < -0.3 is 20.1 Å². The predicted molar refractivity (Wildman–Crippen MR) is 113 cm³/mol. The number of nitrogens with one attached hydrogen (secondary N) is 2. The van der Waals surface area contributed by atoms with Crippen molar-refractivity contribution in [2.24, 2.45) is 0 Å². The lowest BCUT2D eigenvalue weighted by molar-refractivity contribution is -0.116. The van der Waals surface area contributed by atoms with Gasteiger partial charge in [-0.25, -0.2) is 0 Å². The molecule has 0 aromatic heterocycles. The fourth-order valence-corrected chi connectivity index (χ4v) is 2.88. The molecule has 28 heavy (non-hydrogen) atoms. The van der Waals surface area contributed by atoms with Crippen LogP contribution in [-0.2, 0) is 11.2 Å². The van der Waals surface area contributed by atoms with Gasteiger partial charge in [0, 0.05) is 12.1 Å². The molecule has 0 radical (unpaired) electrons. The van der Waals surface area contributed by atoms with E-state index >= 15 is 0 Å². The number of benzene rings is 3. The number of amides is 1. The van der Waals surface area contributed by atoms with E-state index in [1.165, 1.54) is 0 Å². The van der Waals surface area contributed by atoms with Crippen LogP contribution in [0.2, 0.25) is 0 Å². The van der Waals surface area contributed by atoms with E-state index in [1.54, 1.807) is 14.2 Å². The Labute approximate surface area is 165 Å². The van der Waals surface area contributed by atoms with Crippen LogP contribution in [0.15, 0.2) is 72.8 Å². The van der Waals surface area contributed by atoms with Crippen molar-refractivity contribution in [2.75, 3.05) is 24.9 Å². The van der Waals surface area contributed by atoms with Gasteiger partial charge in [-0.3, -0.25) is 4.79 Å². The van der Waals surface area contributed by atoms with Crippen LogP contribution in [0.25, 0.3) is 0 Å². The Balaban J connectivity index is 1.62. The third kappa shape index (κ3) is 5.04. The van der Waals surface area contributed by atoms with Crippen molar-refractivity contribution in [3.63, 3.8) is 0 Å². The lowest BCUT2D eigenvalue weighted by atomic mass is 10.1. The first-order valence-corrected chi connectivity index (χ1v) is 9.11. The average molecular weight is 376 g/mol. The van der Waals surface area contributed by atoms with Crippen molar-refractivity contribution in [3.8, 4) is 11.5 Å². The van der Waals surface area contributed by atoms with Gasteiger partial charge in [-0.05, 0) is 48.4 Å². The molecule has 1 amide bonds. The van der Waals surface area contributed by atoms with E-state index in [4.69, 9.17) is 9.47 Å². The van der Waals surface area contributed by atoms with Gasteiger partial charge in [0.15, 0.2) is 11.5 Å². The molecule has 3 rings (SSSR count). The monoisotopic (exact) mass is 376 g/mol. The molecule has 5 nitrogen and oxygen atoms in total. The van der Waals surface area contributed by atoms with Crippen LogP contribution in [0, 0.1) is 0 Å². The Hall–Kier alpha value is -3.47. The maximum Gasteiger partial charge on any atom is 0.224 e. The Bertz CT molecular complexity index is 926. The standard InChI is InChI=1S/C23H24N2O3/c1-27-21-14-12-17(16-22(21)28-2)13-15-23(26)25-20-11-7-6-10-19(20)24-18-8-4-3-5-9-18/h3-12,14,16,24H,13,15H2,1-2H3,(H,25,26). The van der Waals surface area contributed by atoms with Crippen molar-refractivity contribution >= 4 is 23.0 Å². The van der Waals surface area contributed by atoms with Gasteiger partial charge in [0.25, 0.3) is 0 Å². The molecule has 0 saturated heterocycles. The van der Waals surface area contributed by atoms with Crippen molar-refractivity contribution < 1.29 is 14.3 Å². The highest BCUT2D eigenvalue weighted by Gasteiger charge is 2.09. The van der Waals surface area contributed by atoms with E-state index in [-0.39, 0.29) is 5.91 Å². The molecule has 5 heteroatoms. The van der Waals surface area contributed by atoms with Gasteiger partial charge >= 0.3 is 0 Å². The smallest absolute Gasteiger partial charge is 0.224 e. The van der Waals surface area contributed by atoms with Gasteiger partial charge in [0.1, 0.15) is 0 Å². The van der Waals surface area contributed by atoms with Crippen LogP contribution in [0.5, 0.6) is 11.5 Å². The number of ether oxygens (including phenoxy) is 2. The third-order valence-corrected chi connectivity index (χ3v) is 4.34. The van der Waals surface area contributed by atoms with Gasteiger partial charge in [-0.15, -0.1) is 0 Å². The Morgan fingerprint density at radius 2 is 1.50 bits per heavy atom. The highest BCUT2D eigenvalue weighted by atomic mass is 16.5. The molecule has 0 saturated carbocycles. The quantitative estimate of drug-likeness (QED) is 0.580. The second kappa shape index (κ2) is 9.46. The summed E-state index contributed by atoms with van der Waals surface area (Å²) in [5, 5.41) is 6.33. The second-order valence-corrected chi connectivity index (χ2v) is 6.27. The molecule has 0 fully saturated rings. The van der Waals surface area contributed by atoms with Crippen LogP contribution in [-0.4, -0.2) is 20.1 Å². The summed E-state index contributed by atoms with van der Waals surface area (Å²) in [6, 6.07) is 23.2. The van der Waals surface area contributed by atoms with Crippen LogP contribution >= 0.6 is 0 Å². The SMILES string of the molecule is COc1ccc(CCC(=O)Nc2ccccc2Nc2ccccc2)cc1OC. The number of carbonyl (C=O) groups excluding carboxylic acids is 1. The second-order valence-electron chi connectivity index (χ2n) is 6.27. The number of hydrogen-bond donors (Lipinski definition) is 2. The Kier molecular flexibility index (Phi) is 6.52. The van der Waals surface area contributed by atoms with E-state index in [0.717, 1.165) is 22.6 Å². The maximum atomic E-state index is 12.5. The summed E-state index contributed by atoms with van der Waals surface area (Å²) < 4.78 is 10.6. The lowest BCUT2D eigenvalue weighted by Crippen LogP contribution is -2.13. The molecule has 0 aliphatic rings. The minimum Gasteiger partial charge on any atom is -0.493 e. The van der Waals surface area contributed by atoms with Crippen LogP contribution in [0.4, 0.5) is 17.1 Å². The van der Waals surface area contributed by atoms with E-state index in [2.05, 4.69) is 10.6 Å². The number of carbonyl (C=O) groups is 1. The van der Waals surface area contributed by atoms with Gasteiger partial charge in [0.05, 0.1) is 25.6 Å². The highest BCUT2D eigenvalue weighted by molar-refractivity contribution is 5.95. The molecule has 0 bridgehead atoms. The van der Waals surface area contributed by atoms with E-state index in [9.17, 15) is 4.79 Å². The average Bonchev–Trinajstić information content (AvgIpc) is 2.74. The summed E-state index contributed by atoms with van der Waals surface area (Å²) in [6.45, 7) is 0. The summed E-state index contributed by atoms with van der Waals surface area (Å²) in [7, 11) is 3.21. The molecule has 0 heterocycles. The predicted octanol–water partition coefficient (Wildman–Crippen LogP) is 5.02. The first kappa shape index (κ1) is 19.3. The van der Waals surface area contributed by atoms with Crippen molar-refractivity contribution in [3.05, 3.63) is 78.4 Å². The van der Waals surface area contributed by atoms with Crippen LogP contribution in [0.3, 0.4) is 0 Å². The number of para-hydroxylation sites is 3. The molecule has 3 aromatic rings. The summed E-state index contributed by atoms with van der Waals surface area (Å²) >= 11 is 0. The topological polar surface area (TPSA) is 59.6 Å². The lowest BCUT2D eigenvalue weighted by Gasteiger charge is -2.13. The molecule has 2 N–H and O–H groups in total. The van der Waals surface area contributed by atoms with Gasteiger partial charge in [-0.1, -0.05) is 36.4 Å². The molecule has 3 aromatic carbocycles. The normalized spacial score (nSPS) is 10.2. The first-order valence-electron chi connectivity index (χ1n) is 9.11. The fourth-order valence-electron chi connectivity index (χ4n) is 2.88. The molecule has 0 spiro atoms. The zero-order valence-electron chi connectivity index (χ0n) is 16.1. The highest BCUT2D eigenvalue weighted by Crippen LogP contribution is 2.28. The Morgan fingerprint density at radius 1 is 0.821 bits per heavy atom. The van der Waals surface area contributed by atoms with Crippen LogP contribution in [0.1, 0.15) is 12.0 Å². The van der Waals surface area contributed by atoms with Crippen LogP contribution < -0.4 is 20.1 Å². The van der Waals surface area contributed by atoms with Crippen molar-refractivity contribution in [1.29, 1.82) is 0 Å². The maximum absolute atomic E-state index is 12.5. The van der Waals surface area contributed by atoms with Crippen molar-refractivity contribution in [1.82, 2.24) is 0 Å². The number of methoxy groups -OCH3 is 2. The molecular formula is C23H24N2O3. The largest absolute Gasteiger partial charge is 0.493 e. The van der Waals surface area contributed by atoms with Gasteiger partial charge in [0.2, 0.25) is 5.91 Å². The summed E-state index contributed by atoms with van der Waals surface area (Å²) in [6.07, 6.45) is 0.982. The number of rotatable bonds is 8. The molecule has 0 atom stereocenters. The first-order chi connectivity index (χ1) is 13.7. The van der Waals surface area contributed by atoms with E-state index in [1.807, 2.05) is 72.8 Å². The molecule has 0 unspecified atom stereocenters. The zero-order valence-corrected chi connectivity index (χ0v) is 16.1. The summed E-state index contributed by atoms with van der Waals surface area (Å²) in [4.78, 5) is 12.5. The summed E-state index contributed by atoms with van der Waals surface area (Å²) in [5.74, 6) is 1.30. The minimum absolute atomic E-state index is 0.0444. The van der Waals surface area contributed by atoms with E-state index in [0.29, 0.717) is 24.3 Å².